The Morgan fingerprint density at radius 3 is 3.00 bits per heavy atom. The monoisotopic (exact) mass is 144 g/mol. The van der Waals surface area contributed by atoms with E-state index in [1.54, 1.807) is 0 Å². The maximum absolute atomic E-state index is 5.96. The van der Waals surface area contributed by atoms with Gasteiger partial charge in [-0.05, 0) is 13.0 Å². The Bertz CT molecular complexity index is 99.8. The van der Waals surface area contributed by atoms with Crippen molar-refractivity contribution < 1.29 is 4.74 Å². The second-order valence-corrected chi connectivity index (χ2v) is 2.95. The second-order valence-electron chi connectivity index (χ2n) is 2.95. The van der Waals surface area contributed by atoms with Crippen LogP contribution in [0.1, 0.15) is 13.3 Å². The van der Waals surface area contributed by atoms with Crippen LogP contribution >= 0.6 is 0 Å². The van der Waals surface area contributed by atoms with Crippen molar-refractivity contribution >= 4 is 0 Å². The third-order valence-electron chi connectivity index (χ3n) is 1.86. The summed E-state index contributed by atoms with van der Waals surface area (Å²) in [6.45, 7) is 5.48. The minimum absolute atomic E-state index is 0.0873. The van der Waals surface area contributed by atoms with Gasteiger partial charge in [0, 0.05) is 13.2 Å². The first kappa shape index (κ1) is 7.98. The van der Waals surface area contributed by atoms with Crippen molar-refractivity contribution in [1.29, 1.82) is 0 Å². The molecule has 0 radical (unpaired) electrons. The van der Waals surface area contributed by atoms with E-state index in [0.717, 1.165) is 26.1 Å². The molecule has 10 heavy (non-hydrogen) atoms. The summed E-state index contributed by atoms with van der Waals surface area (Å²) in [5.41, 5.74) is 5.87. The van der Waals surface area contributed by atoms with Crippen LogP contribution < -0.4 is 11.1 Å². The van der Waals surface area contributed by atoms with Crippen LogP contribution in [0.25, 0.3) is 0 Å². The number of nitrogens with two attached hydrogens (primary N) is 1. The first-order valence-corrected chi connectivity index (χ1v) is 3.84. The highest BCUT2D eigenvalue weighted by Crippen LogP contribution is 2.13. The summed E-state index contributed by atoms with van der Waals surface area (Å²) in [5, 5.41) is 3.23. The number of ether oxygens (including phenoxy) is 1. The van der Waals surface area contributed by atoms with E-state index in [1.165, 1.54) is 0 Å². The summed E-state index contributed by atoms with van der Waals surface area (Å²) in [4.78, 5) is 0. The van der Waals surface area contributed by atoms with Crippen LogP contribution in [-0.2, 0) is 4.74 Å². The molecule has 0 aliphatic carbocycles. The number of likely N-dealkylation sites (N-methyl/N-ethyl adjacent to an activating group) is 1. The van der Waals surface area contributed by atoms with Crippen molar-refractivity contribution in [2.45, 2.75) is 18.9 Å². The van der Waals surface area contributed by atoms with Crippen molar-refractivity contribution in [2.24, 2.45) is 5.73 Å². The van der Waals surface area contributed by atoms with Crippen molar-refractivity contribution in [3.63, 3.8) is 0 Å². The Morgan fingerprint density at radius 1 is 1.70 bits per heavy atom. The van der Waals surface area contributed by atoms with Crippen molar-refractivity contribution in [3.05, 3.63) is 0 Å². The van der Waals surface area contributed by atoms with Crippen LogP contribution in [0.3, 0.4) is 0 Å². The van der Waals surface area contributed by atoms with E-state index in [4.69, 9.17) is 10.5 Å². The molecule has 0 aromatic carbocycles. The van der Waals surface area contributed by atoms with Gasteiger partial charge in [-0.15, -0.1) is 0 Å². The van der Waals surface area contributed by atoms with E-state index < -0.39 is 0 Å². The van der Waals surface area contributed by atoms with Gasteiger partial charge in [0.05, 0.1) is 12.1 Å². The smallest absolute Gasteiger partial charge is 0.0659 e. The largest absolute Gasteiger partial charge is 0.379 e. The zero-order chi connectivity index (χ0) is 7.45. The fourth-order valence-electron chi connectivity index (χ4n) is 1.14. The Labute approximate surface area is 61.9 Å². The molecule has 0 spiro atoms. The molecule has 0 aromatic heterocycles. The molecule has 0 aromatic rings. The minimum atomic E-state index is -0.0873. The fourth-order valence-corrected chi connectivity index (χ4v) is 1.14. The van der Waals surface area contributed by atoms with E-state index in [-0.39, 0.29) is 5.54 Å². The molecule has 1 fully saturated rings. The fraction of sp³-hybridized carbons (Fsp3) is 1.00. The number of nitrogens with one attached hydrogen (secondary N) is 1. The highest BCUT2D eigenvalue weighted by molar-refractivity contribution is 4.89. The molecule has 0 saturated carbocycles. The lowest BCUT2D eigenvalue weighted by atomic mass is 10.0. The zero-order valence-corrected chi connectivity index (χ0v) is 6.52. The lowest BCUT2D eigenvalue weighted by molar-refractivity contribution is 0.177. The van der Waals surface area contributed by atoms with E-state index in [2.05, 4.69) is 12.2 Å². The van der Waals surface area contributed by atoms with Gasteiger partial charge in [-0.3, -0.25) is 0 Å². The minimum Gasteiger partial charge on any atom is -0.379 e. The average Bonchev–Trinajstić information content (AvgIpc) is 2.33. The highest BCUT2D eigenvalue weighted by Gasteiger charge is 2.29. The Morgan fingerprint density at radius 2 is 2.50 bits per heavy atom. The van der Waals surface area contributed by atoms with Crippen molar-refractivity contribution in [1.82, 2.24) is 5.32 Å². The predicted molar refractivity (Wildman–Crippen MR) is 40.9 cm³/mol. The summed E-state index contributed by atoms with van der Waals surface area (Å²) in [5.74, 6) is 0. The van der Waals surface area contributed by atoms with Gasteiger partial charge in [0.15, 0.2) is 0 Å². The summed E-state index contributed by atoms with van der Waals surface area (Å²) in [6.07, 6.45) is 0.986. The number of hydrogen-bond donors (Lipinski definition) is 2. The number of rotatable bonds is 3. The van der Waals surface area contributed by atoms with Gasteiger partial charge in [0.2, 0.25) is 0 Å². The quantitative estimate of drug-likeness (QED) is 0.572. The zero-order valence-electron chi connectivity index (χ0n) is 6.52. The Balaban J connectivity index is 2.22. The van der Waals surface area contributed by atoms with Crippen LogP contribution in [0.2, 0.25) is 0 Å². The molecular formula is C7H16N2O. The molecule has 60 valence electrons. The average molecular weight is 144 g/mol. The van der Waals surface area contributed by atoms with E-state index in [1.807, 2.05) is 0 Å². The Hall–Kier alpha value is -0.120. The highest BCUT2D eigenvalue weighted by atomic mass is 16.5. The van der Waals surface area contributed by atoms with E-state index >= 15 is 0 Å². The SMILES string of the molecule is CCNCC1(N)CCOC1. The van der Waals surface area contributed by atoms with Gasteiger partial charge in [-0.2, -0.15) is 0 Å². The maximum Gasteiger partial charge on any atom is 0.0659 e. The van der Waals surface area contributed by atoms with Crippen molar-refractivity contribution in [2.75, 3.05) is 26.3 Å². The number of hydrogen-bond acceptors (Lipinski definition) is 3. The van der Waals surface area contributed by atoms with Gasteiger partial charge in [0.25, 0.3) is 0 Å². The van der Waals surface area contributed by atoms with Gasteiger partial charge in [0.1, 0.15) is 0 Å². The van der Waals surface area contributed by atoms with E-state index in [9.17, 15) is 0 Å². The second kappa shape index (κ2) is 3.32. The summed E-state index contributed by atoms with van der Waals surface area (Å²) in [6, 6.07) is 0. The first-order valence-electron chi connectivity index (χ1n) is 3.84. The summed E-state index contributed by atoms with van der Waals surface area (Å²) < 4.78 is 5.19. The summed E-state index contributed by atoms with van der Waals surface area (Å²) >= 11 is 0. The van der Waals surface area contributed by atoms with Crippen LogP contribution in [-0.4, -0.2) is 31.8 Å². The molecule has 1 unspecified atom stereocenters. The van der Waals surface area contributed by atoms with Gasteiger partial charge in [-0.1, -0.05) is 6.92 Å². The molecule has 0 bridgehead atoms. The van der Waals surface area contributed by atoms with E-state index in [0.29, 0.717) is 6.61 Å². The molecule has 0 amide bonds. The lowest BCUT2D eigenvalue weighted by Crippen LogP contribution is -2.49. The molecule has 3 nitrogen and oxygen atoms in total. The van der Waals surface area contributed by atoms with Crippen LogP contribution in [0, 0.1) is 0 Å². The third kappa shape index (κ3) is 1.94. The third-order valence-corrected chi connectivity index (χ3v) is 1.86. The molecule has 1 atom stereocenters. The molecule has 3 N–H and O–H groups in total. The Kier molecular flexibility index (Phi) is 2.65. The topological polar surface area (TPSA) is 47.3 Å². The maximum atomic E-state index is 5.96. The van der Waals surface area contributed by atoms with Crippen LogP contribution in [0.4, 0.5) is 0 Å². The van der Waals surface area contributed by atoms with Gasteiger partial charge < -0.3 is 15.8 Å². The molecule has 1 saturated heterocycles. The van der Waals surface area contributed by atoms with Crippen LogP contribution in [0.15, 0.2) is 0 Å². The lowest BCUT2D eigenvalue weighted by Gasteiger charge is -2.21. The standard InChI is InChI=1S/C7H16N2O/c1-2-9-5-7(8)3-4-10-6-7/h9H,2-6,8H2,1H3. The van der Waals surface area contributed by atoms with Crippen LogP contribution in [0.5, 0.6) is 0 Å². The first-order chi connectivity index (χ1) is 4.77. The normalized spacial score (nSPS) is 33.0. The van der Waals surface area contributed by atoms with Gasteiger partial charge >= 0.3 is 0 Å². The molecule has 3 heteroatoms. The molecular weight excluding hydrogens is 128 g/mol. The van der Waals surface area contributed by atoms with Gasteiger partial charge in [-0.25, -0.2) is 0 Å². The molecule has 1 heterocycles. The molecule has 1 aliphatic rings. The molecule has 1 aliphatic heterocycles. The predicted octanol–water partition coefficient (Wildman–Crippen LogP) is -0.286. The summed E-state index contributed by atoms with van der Waals surface area (Å²) in [7, 11) is 0. The van der Waals surface area contributed by atoms with Crippen molar-refractivity contribution in [3.8, 4) is 0 Å². The molecule has 1 rings (SSSR count).